The number of fused-ring (bicyclic) bond motifs is 5. The number of rotatable bonds is 0. The zero-order chi connectivity index (χ0) is 14.5. The highest BCUT2D eigenvalue weighted by Gasteiger charge is 2.04. The van der Waals surface area contributed by atoms with Gasteiger partial charge >= 0.3 is 0 Å². The van der Waals surface area contributed by atoms with E-state index in [4.69, 9.17) is 0 Å². The summed E-state index contributed by atoms with van der Waals surface area (Å²) in [5.41, 5.74) is 0. The van der Waals surface area contributed by atoms with Crippen LogP contribution >= 0.6 is 9.90 Å². The Hall–Kier alpha value is -2.43. The summed E-state index contributed by atoms with van der Waals surface area (Å²) in [6.45, 7) is 0. The molecule has 0 aliphatic carbocycles. The summed E-state index contributed by atoms with van der Waals surface area (Å²) < 4.78 is 0. The molecule has 0 heterocycles. The Balaban J connectivity index is 0.00000135. The second-order valence-corrected chi connectivity index (χ2v) is 5.91. The van der Waals surface area contributed by atoms with Crippen LogP contribution in [0.15, 0.2) is 84.9 Å². The monoisotopic (exact) mass is 312 g/mol. The van der Waals surface area contributed by atoms with E-state index in [1.165, 1.54) is 43.1 Å². The van der Waals surface area contributed by atoms with Crippen molar-refractivity contribution in [2.45, 2.75) is 0 Å². The second kappa shape index (κ2) is 5.33. The van der Waals surface area contributed by atoms with E-state index in [1.54, 1.807) is 0 Å². The average molecular weight is 312 g/mol. The van der Waals surface area contributed by atoms with E-state index in [0.717, 1.165) is 0 Å². The molecule has 1 atom stereocenters. The quantitative estimate of drug-likeness (QED) is 0.177. The molecule has 0 bridgehead atoms. The van der Waals surface area contributed by atoms with Crippen molar-refractivity contribution in [3.05, 3.63) is 84.9 Å². The standard InChI is InChI=1S/C22H14.H3P/c1-3-7-17-13-21-19(11-15(17)5-1)9-10-20-12-16-6-2-4-8-18(16)14-22(20)21;/h1-14H;1H3. The first-order valence-corrected chi connectivity index (χ1v) is 7.62. The molecule has 0 fully saturated rings. The summed E-state index contributed by atoms with van der Waals surface area (Å²) >= 11 is 0. The van der Waals surface area contributed by atoms with Gasteiger partial charge in [0.1, 0.15) is 0 Å². The van der Waals surface area contributed by atoms with Crippen LogP contribution in [0.4, 0.5) is 0 Å². The van der Waals surface area contributed by atoms with E-state index in [-0.39, 0.29) is 9.90 Å². The normalized spacial score (nSPS) is 11.1. The number of benzene rings is 5. The molecule has 0 amide bonds. The summed E-state index contributed by atoms with van der Waals surface area (Å²) in [5.74, 6) is 0. The van der Waals surface area contributed by atoms with Crippen molar-refractivity contribution in [3.63, 3.8) is 0 Å². The van der Waals surface area contributed by atoms with Crippen LogP contribution in [0.2, 0.25) is 0 Å². The molecule has 0 N–H and O–H groups in total. The molecule has 5 aromatic rings. The van der Waals surface area contributed by atoms with E-state index >= 15 is 0 Å². The fourth-order valence-electron chi connectivity index (χ4n) is 3.44. The first-order chi connectivity index (χ1) is 10.9. The Bertz CT molecular complexity index is 1080. The fourth-order valence-corrected chi connectivity index (χ4v) is 3.44. The van der Waals surface area contributed by atoms with E-state index in [2.05, 4.69) is 84.9 Å². The summed E-state index contributed by atoms with van der Waals surface area (Å²) in [5, 5.41) is 10.5. The first-order valence-electron chi connectivity index (χ1n) is 7.62. The predicted octanol–water partition coefficient (Wildman–Crippen LogP) is 6.36. The molecule has 0 aromatic heterocycles. The van der Waals surface area contributed by atoms with Gasteiger partial charge in [-0.25, -0.2) is 0 Å². The lowest BCUT2D eigenvalue weighted by Gasteiger charge is -2.08. The molecule has 5 rings (SSSR count). The zero-order valence-corrected chi connectivity index (χ0v) is 14.2. The van der Waals surface area contributed by atoms with Gasteiger partial charge in [0.25, 0.3) is 0 Å². The molecule has 0 spiro atoms. The van der Waals surface area contributed by atoms with Gasteiger partial charge in [-0.2, -0.15) is 9.90 Å². The van der Waals surface area contributed by atoms with Crippen LogP contribution in [0.5, 0.6) is 0 Å². The smallest absolute Gasteiger partial charge is 0.00988 e. The molecule has 110 valence electrons. The minimum Gasteiger partial charge on any atom is -0.153 e. The predicted molar refractivity (Wildman–Crippen MR) is 108 cm³/mol. The Morgan fingerprint density at radius 3 is 1.09 bits per heavy atom. The lowest BCUT2D eigenvalue weighted by Crippen LogP contribution is -1.81. The van der Waals surface area contributed by atoms with Crippen molar-refractivity contribution in [2.24, 2.45) is 0 Å². The summed E-state index contributed by atoms with van der Waals surface area (Å²) in [4.78, 5) is 0. The van der Waals surface area contributed by atoms with Gasteiger partial charge in [-0.05, 0) is 67.4 Å². The van der Waals surface area contributed by atoms with Gasteiger partial charge in [-0.1, -0.05) is 60.7 Å². The van der Waals surface area contributed by atoms with Gasteiger partial charge in [-0.3, -0.25) is 0 Å². The summed E-state index contributed by atoms with van der Waals surface area (Å²) in [6, 6.07) is 30.8. The maximum absolute atomic E-state index is 2.32. The van der Waals surface area contributed by atoms with Crippen LogP contribution in [0.1, 0.15) is 0 Å². The Morgan fingerprint density at radius 1 is 0.348 bits per heavy atom. The van der Waals surface area contributed by atoms with Crippen molar-refractivity contribution in [1.82, 2.24) is 0 Å². The van der Waals surface area contributed by atoms with Gasteiger partial charge in [-0.15, -0.1) is 0 Å². The Kier molecular flexibility index (Phi) is 3.29. The minimum absolute atomic E-state index is 0. The lowest BCUT2D eigenvalue weighted by molar-refractivity contribution is 1.78. The second-order valence-electron chi connectivity index (χ2n) is 5.91. The number of hydrogen-bond acceptors (Lipinski definition) is 0. The minimum atomic E-state index is 0. The van der Waals surface area contributed by atoms with Crippen LogP contribution in [-0.2, 0) is 0 Å². The molecule has 23 heavy (non-hydrogen) atoms. The van der Waals surface area contributed by atoms with Gasteiger partial charge in [0.05, 0.1) is 0 Å². The molecule has 0 aliphatic rings. The molecular weight excluding hydrogens is 295 g/mol. The van der Waals surface area contributed by atoms with Crippen molar-refractivity contribution in [2.75, 3.05) is 0 Å². The topological polar surface area (TPSA) is 0 Å². The van der Waals surface area contributed by atoms with E-state index in [1.807, 2.05) is 0 Å². The number of hydrogen-bond donors (Lipinski definition) is 0. The zero-order valence-electron chi connectivity index (χ0n) is 12.8. The molecule has 0 saturated heterocycles. The van der Waals surface area contributed by atoms with Crippen LogP contribution in [-0.4, -0.2) is 0 Å². The molecule has 1 heteroatoms. The average Bonchev–Trinajstić information content (AvgIpc) is 2.58. The van der Waals surface area contributed by atoms with Crippen LogP contribution in [0.3, 0.4) is 0 Å². The SMILES string of the molecule is P.c1ccc2cc3c(ccc4cc5ccccc5cc43)cc2c1. The third-order valence-corrected chi connectivity index (χ3v) is 4.57. The van der Waals surface area contributed by atoms with E-state index in [0.29, 0.717) is 0 Å². The largest absolute Gasteiger partial charge is 0.153 e. The molecule has 0 aliphatic heterocycles. The van der Waals surface area contributed by atoms with Crippen LogP contribution in [0, 0.1) is 0 Å². The highest BCUT2D eigenvalue weighted by atomic mass is 31.0. The highest BCUT2D eigenvalue weighted by Crippen LogP contribution is 2.32. The van der Waals surface area contributed by atoms with Gasteiger partial charge in [0.15, 0.2) is 0 Å². The van der Waals surface area contributed by atoms with Crippen molar-refractivity contribution in [1.29, 1.82) is 0 Å². The molecule has 0 saturated carbocycles. The maximum atomic E-state index is 2.32. The van der Waals surface area contributed by atoms with Gasteiger partial charge in [0.2, 0.25) is 0 Å². The maximum Gasteiger partial charge on any atom is -0.00988 e. The molecule has 0 radical (unpaired) electrons. The fraction of sp³-hybridized carbons (Fsp3) is 0. The van der Waals surface area contributed by atoms with Gasteiger partial charge in [0, 0.05) is 0 Å². The Morgan fingerprint density at radius 2 is 0.696 bits per heavy atom. The van der Waals surface area contributed by atoms with Crippen LogP contribution < -0.4 is 0 Å². The summed E-state index contributed by atoms with van der Waals surface area (Å²) in [6.07, 6.45) is 0. The van der Waals surface area contributed by atoms with Crippen LogP contribution in [0.25, 0.3) is 43.1 Å². The molecule has 0 nitrogen and oxygen atoms in total. The molecule has 1 unspecified atom stereocenters. The molecular formula is C22H17P. The van der Waals surface area contributed by atoms with Crippen molar-refractivity contribution in [3.8, 4) is 0 Å². The molecule has 5 aromatic carbocycles. The van der Waals surface area contributed by atoms with E-state index in [9.17, 15) is 0 Å². The first kappa shape index (κ1) is 14.2. The van der Waals surface area contributed by atoms with Crippen molar-refractivity contribution >= 4 is 53.0 Å². The summed E-state index contributed by atoms with van der Waals surface area (Å²) in [7, 11) is 0. The van der Waals surface area contributed by atoms with Gasteiger partial charge < -0.3 is 0 Å². The van der Waals surface area contributed by atoms with E-state index < -0.39 is 0 Å². The highest BCUT2D eigenvalue weighted by molar-refractivity contribution is 6.92. The third-order valence-electron chi connectivity index (χ3n) is 4.57. The third kappa shape index (κ3) is 2.19. The Labute approximate surface area is 138 Å². The lowest BCUT2D eigenvalue weighted by atomic mass is 9.96. The van der Waals surface area contributed by atoms with Crippen molar-refractivity contribution < 1.29 is 0 Å².